The van der Waals surface area contributed by atoms with E-state index in [0.717, 1.165) is 13.0 Å². The highest BCUT2D eigenvalue weighted by atomic mass is 79.9. The van der Waals surface area contributed by atoms with Crippen LogP contribution < -0.4 is 5.32 Å². The summed E-state index contributed by atoms with van der Waals surface area (Å²) in [7, 11) is 2.17. The number of nitrogens with one attached hydrogen (secondary N) is 1. The maximum absolute atomic E-state index is 13.0. The third-order valence-electron chi connectivity index (χ3n) is 4.35. The summed E-state index contributed by atoms with van der Waals surface area (Å²) < 4.78 is 13.5. The summed E-state index contributed by atoms with van der Waals surface area (Å²) >= 11 is 3.22. The molecule has 5 heteroatoms. The van der Waals surface area contributed by atoms with E-state index in [-0.39, 0.29) is 11.7 Å². The number of amides is 1. The zero-order valence-electron chi connectivity index (χ0n) is 13.1. The number of hydrogen-bond donors (Lipinski definition) is 1. The Balaban J connectivity index is 1.70. The van der Waals surface area contributed by atoms with Gasteiger partial charge in [0.1, 0.15) is 5.82 Å². The zero-order chi connectivity index (χ0) is 15.9. The number of carbonyl (C=O) groups is 1. The van der Waals surface area contributed by atoms with E-state index < -0.39 is 0 Å². The van der Waals surface area contributed by atoms with E-state index in [9.17, 15) is 9.18 Å². The molecule has 22 heavy (non-hydrogen) atoms. The van der Waals surface area contributed by atoms with Gasteiger partial charge in [0.25, 0.3) is 5.91 Å². The second kappa shape index (κ2) is 8.63. The van der Waals surface area contributed by atoms with Crippen molar-refractivity contribution in [2.45, 2.75) is 44.6 Å². The average molecular weight is 371 g/mol. The summed E-state index contributed by atoms with van der Waals surface area (Å²) in [6.45, 7) is 1.63. The van der Waals surface area contributed by atoms with Crippen LogP contribution in [0.25, 0.3) is 0 Å². The third kappa shape index (κ3) is 5.06. The number of nitrogens with zero attached hydrogens (tertiary/aromatic N) is 1. The molecule has 0 atom stereocenters. The summed E-state index contributed by atoms with van der Waals surface area (Å²) in [6.07, 6.45) is 7.57. The van der Waals surface area contributed by atoms with Crippen LogP contribution in [-0.2, 0) is 0 Å². The molecule has 0 heterocycles. The van der Waals surface area contributed by atoms with Gasteiger partial charge in [0.15, 0.2) is 0 Å². The Hall–Kier alpha value is -0.940. The second-order valence-electron chi connectivity index (χ2n) is 6.01. The molecular formula is C17H24BrFN2O. The van der Waals surface area contributed by atoms with E-state index in [1.165, 1.54) is 50.3 Å². The lowest BCUT2D eigenvalue weighted by Crippen LogP contribution is -2.35. The Morgan fingerprint density at radius 3 is 2.77 bits per heavy atom. The molecule has 3 nitrogen and oxygen atoms in total. The van der Waals surface area contributed by atoms with Gasteiger partial charge in [-0.25, -0.2) is 4.39 Å². The van der Waals surface area contributed by atoms with Gasteiger partial charge in [0, 0.05) is 17.1 Å². The van der Waals surface area contributed by atoms with E-state index >= 15 is 0 Å². The first-order valence-corrected chi connectivity index (χ1v) is 8.80. The van der Waals surface area contributed by atoms with Crippen molar-refractivity contribution in [3.63, 3.8) is 0 Å². The number of rotatable bonds is 6. The number of carbonyl (C=O) groups excluding carboxylic acids is 1. The highest BCUT2D eigenvalue weighted by Gasteiger charge is 2.17. The maximum atomic E-state index is 13.0. The topological polar surface area (TPSA) is 32.3 Å². The van der Waals surface area contributed by atoms with Crippen LogP contribution in [0.3, 0.4) is 0 Å². The molecule has 1 saturated carbocycles. The largest absolute Gasteiger partial charge is 0.352 e. The summed E-state index contributed by atoms with van der Waals surface area (Å²) in [5.74, 6) is -0.510. The van der Waals surface area contributed by atoms with Crippen LogP contribution in [0.2, 0.25) is 0 Å². The molecule has 0 radical (unpaired) electrons. The second-order valence-corrected chi connectivity index (χ2v) is 6.86. The minimum absolute atomic E-state index is 0.160. The Kier molecular flexibility index (Phi) is 6.83. The van der Waals surface area contributed by atoms with Crippen molar-refractivity contribution in [2.24, 2.45) is 0 Å². The third-order valence-corrected chi connectivity index (χ3v) is 5.00. The van der Waals surface area contributed by atoms with Gasteiger partial charge in [0.2, 0.25) is 0 Å². The smallest absolute Gasteiger partial charge is 0.252 e. The van der Waals surface area contributed by atoms with Crippen molar-refractivity contribution < 1.29 is 9.18 Å². The lowest BCUT2D eigenvalue weighted by molar-refractivity contribution is 0.0949. The number of benzene rings is 1. The molecule has 1 aliphatic rings. The van der Waals surface area contributed by atoms with Crippen molar-refractivity contribution in [2.75, 3.05) is 20.1 Å². The minimum Gasteiger partial charge on any atom is -0.352 e. The first-order chi connectivity index (χ1) is 10.6. The fraction of sp³-hybridized carbons (Fsp3) is 0.588. The standard InChI is InChI=1S/C17H24BrFN2O/c1-21(14-6-3-2-4-7-14)11-5-10-20-17(22)15-9-8-13(19)12-16(15)18/h8-9,12,14H,2-7,10-11H2,1H3,(H,20,22). The lowest BCUT2D eigenvalue weighted by Gasteiger charge is -2.31. The van der Waals surface area contributed by atoms with Gasteiger partial charge in [-0.3, -0.25) is 4.79 Å². The molecule has 0 aromatic heterocycles. The van der Waals surface area contributed by atoms with Crippen LogP contribution in [0.5, 0.6) is 0 Å². The molecule has 0 saturated heterocycles. The van der Waals surface area contributed by atoms with E-state index in [0.29, 0.717) is 22.6 Å². The average Bonchev–Trinajstić information content (AvgIpc) is 2.52. The first kappa shape index (κ1) is 17.4. The summed E-state index contributed by atoms with van der Waals surface area (Å²) in [4.78, 5) is 14.5. The van der Waals surface area contributed by atoms with Crippen molar-refractivity contribution in [1.82, 2.24) is 10.2 Å². The quantitative estimate of drug-likeness (QED) is 0.768. The molecule has 1 N–H and O–H groups in total. The van der Waals surface area contributed by atoms with Gasteiger partial charge in [-0.05, 0) is 67.0 Å². The Morgan fingerprint density at radius 2 is 2.09 bits per heavy atom. The highest BCUT2D eigenvalue weighted by Crippen LogP contribution is 2.21. The number of halogens is 2. The van der Waals surface area contributed by atoms with Gasteiger partial charge in [0.05, 0.1) is 5.56 Å². The van der Waals surface area contributed by atoms with Crippen molar-refractivity contribution >= 4 is 21.8 Å². The van der Waals surface area contributed by atoms with Crippen molar-refractivity contribution in [1.29, 1.82) is 0 Å². The molecule has 0 spiro atoms. The molecule has 1 fully saturated rings. The Labute approximate surface area is 140 Å². The van der Waals surface area contributed by atoms with Crippen LogP contribution in [0.15, 0.2) is 22.7 Å². The van der Waals surface area contributed by atoms with Crippen LogP contribution in [0.1, 0.15) is 48.9 Å². The van der Waals surface area contributed by atoms with Gasteiger partial charge in [-0.1, -0.05) is 19.3 Å². The van der Waals surface area contributed by atoms with Gasteiger partial charge in [-0.2, -0.15) is 0 Å². The summed E-state index contributed by atoms with van der Waals surface area (Å²) in [5, 5.41) is 2.90. The minimum atomic E-state index is -0.350. The zero-order valence-corrected chi connectivity index (χ0v) is 14.7. The predicted molar refractivity (Wildman–Crippen MR) is 90.6 cm³/mol. The summed E-state index contributed by atoms with van der Waals surface area (Å²) in [5.41, 5.74) is 0.474. The fourth-order valence-corrected chi connectivity index (χ4v) is 3.53. The molecule has 1 aliphatic carbocycles. The molecule has 0 aliphatic heterocycles. The monoisotopic (exact) mass is 370 g/mol. The predicted octanol–water partition coefficient (Wildman–Crippen LogP) is 3.97. The Bertz CT molecular complexity index is 503. The highest BCUT2D eigenvalue weighted by molar-refractivity contribution is 9.10. The SMILES string of the molecule is CN(CCCNC(=O)c1ccc(F)cc1Br)C1CCCCC1. The van der Waals surface area contributed by atoms with Crippen molar-refractivity contribution in [3.8, 4) is 0 Å². The first-order valence-electron chi connectivity index (χ1n) is 8.01. The van der Waals surface area contributed by atoms with E-state index in [2.05, 4.69) is 33.2 Å². The fourth-order valence-electron chi connectivity index (χ4n) is 3.00. The summed E-state index contributed by atoms with van der Waals surface area (Å²) in [6, 6.07) is 4.82. The van der Waals surface area contributed by atoms with Crippen LogP contribution in [-0.4, -0.2) is 37.0 Å². The molecule has 2 rings (SSSR count). The maximum Gasteiger partial charge on any atom is 0.252 e. The van der Waals surface area contributed by atoms with Crippen LogP contribution in [0.4, 0.5) is 4.39 Å². The normalized spacial score (nSPS) is 16.0. The Morgan fingerprint density at radius 1 is 1.36 bits per heavy atom. The molecule has 1 amide bonds. The number of hydrogen-bond acceptors (Lipinski definition) is 2. The molecule has 0 bridgehead atoms. The van der Waals surface area contributed by atoms with Crippen molar-refractivity contribution in [3.05, 3.63) is 34.1 Å². The molecule has 1 aromatic rings. The molecule has 1 aromatic carbocycles. The lowest BCUT2D eigenvalue weighted by atomic mass is 9.94. The van der Waals surface area contributed by atoms with E-state index in [1.54, 1.807) is 0 Å². The molecular weight excluding hydrogens is 347 g/mol. The van der Waals surface area contributed by atoms with E-state index in [1.807, 2.05) is 0 Å². The van der Waals surface area contributed by atoms with Gasteiger partial charge >= 0.3 is 0 Å². The van der Waals surface area contributed by atoms with Gasteiger partial charge in [-0.15, -0.1) is 0 Å². The van der Waals surface area contributed by atoms with Crippen LogP contribution in [0, 0.1) is 5.82 Å². The van der Waals surface area contributed by atoms with E-state index in [4.69, 9.17) is 0 Å². The molecule has 122 valence electrons. The van der Waals surface area contributed by atoms with Crippen LogP contribution >= 0.6 is 15.9 Å². The molecule has 0 unspecified atom stereocenters. The van der Waals surface area contributed by atoms with Gasteiger partial charge < -0.3 is 10.2 Å².